The van der Waals surface area contributed by atoms with Crippen LogP contribution in [0.25, 0.3) is 0 Å². The molecule has 0 aliphatic carbocycles. The maximum absolute atomic E-state index is 11.8. The van der Waals surface area contributed by atoms with Gasteiger partial charge in [-0.05, 0) is 37.4 Å². The van der Waals surface area contributed by atoms with E-state index in [4.69, 9.17) is 4.74 Å². The Labute approximate surface area is 131 Å². The summed E-state index contributed by atoms with van der Waals surface area (Å²) in [5, 5.41) is 5.77. The highest BCUT2D eigenvalue weighted by Crippen LogP contribution is 2.22. The van der Waals surface area contributed by atoms with Gasteiger partial charge < -0.3 is 15.4 Å². The van der Waals surface area contributed by atoms with E-state index in [-0.39, 0.29) is 12.1 Å². The third kappa shape index (κ3) is 4.18. The number of nitrogens with one attached hydrogen (secondary N) is 2. The van der Waals surface area contributed by atoms with Crippen molar-refractivity contribution in [3.05, 3.63) is 30.1 Å². The van der Waals surface area contributed by atoms with E-state index in [1.54, 1.807) is 6.20 Å². The van der Waals surface area contributed by atoms with Gasteiger partial charge in [0.15, 0.2) is 0 Å². The van der Waals surface area contributed by atoms with Crippen molar-refractivity contribution in [1.82, 2.24) is 20.5 Å². The molecule has 3 heterocycles. The van der Waals surface area contributed by atoms with Gasteiger partial charge >= 0.3 is 6.03 Å². The predicted octanol–water partition coefficient (Wildman–Crippen LogP) is 0.786. The molecule has 0 radical (unpaired) electrons. The van der Waals surface area contributed by atoms with Crippen molar-refractivity contribution in [2.75, 3.05) is 32.8 Å². The Morgan fingerprint density at radius 2 is 2.41 bits per heavy atom. The molecule has 22 heavy (non-hydrogen) atoms. The molecule has 0 spiro atoms. The zero-order valence-corrected chi connectivity index (χ0v) is 12.8. The van der Waals surface area contributed by atoms with Crippen LogP contribution in [0.2, 0.25) is 0 Å². The number of nitrogens with zero attached hydrogens (tertiary/aromatic N) is 2. The maximum Gasteiger partial charge on any atom is 0.314 e. The summed E-state index contributed by atoms with van der Waals surface area (Å²) in [7, 11) is 0. The standard InChI is InChI=1S/C16H24N4O2/c21-16(18-7-5-13-3-1-6-17-9-13)19-10-15-11-20-8-2-4-14(20)12-22-15/h1,3,6,9,14-15H,2,4-5,7-8,10-12H2,(H2,18,19,21)/t14-,15-/m0/s1. The van der Waals surface area contributed by atoms with Gasteiger partial charge in [0.2, 0.25) is 0 Å². The quantitative estimate of drug-likeness (QED) is 0.844. The lowest BCUT2D eigenvalue weighted by molar-refractivity contribution is -0.0457. The molecule has 6 heteroatoms. The number of aromatic nitrogens is 1. The lowest BCUT2D eigenvalue weighted by Gasteiger charge is -2.35. The van der Waals surface area contributed by atoms with Crippen molar-refractivity contribution in [2.45, 2.75) is 31.4 Å². The maximum atomic E-state index is 11.8. The molecule has 2 saturated heterocycles. The molecule has 2 atom stereocenters. The monoisotopic (exact) mass is 304 g/mol. The number of urea groups is 1. The molecule has 3 rings (SSSR count). The van der Waals surface area contributed by atoms with E-state index in [1.807, 2.05) is 18.3 Å². The van der Waals surface area contributed by atoms with Crippen LogP contribution in [0.5, 0.6) is 0 Å². The van der Waals surface area contributed by atoms with E-state index < -0.39 is 0 Å². The Kier molecular flexibility index (Phi) is 5.24. The highest BCUT2D eigenvalue weighted by atomic mass is 16.5. The van der Waals surface area contributed by atoms with Crippen LogP contribution >= 0.6 is 0 Å². The largest absolute Gasteiger partial charge is 0.373 e. The van der Waals surface area contributed by atoms with Crippen molar-refractivity contribution < 1.29 is 9.53 Å². The zero-order valence-electron chi connectivity index (χ0n) is 12.8. The van der Waals surface area contributed by atoms with Crippen LogP contribution in [-0.4, -0.2) is 60.8 Å². The third-order valence-electron chi connectivity index (χ3n) is 4.37. The number of hydrogen-bond acceptors (Lipinski definition) is 4. The number of ether oxygens (including phenoxy) is 1. The first-order chi connectivity index (χ1) is 10.8. The van der Waals surface area contributed by atoms with Gasteiger partial charge in [-0.25, -0.2) is 4.79 Å². The first-order valence-electron chi connectivity index (χ1n) is 8.07. The summed E-state index contributed by atoms with van der Waals surface area (Å²) in [6.07, 6.45) is 6.98. The van der Waals surface area contributed by atoms with Crippen molar-refractivity contribution in [3.8, 4) is 0 Å². The Morgan fingerprint density at radius 1 is 1.45 bits per heavy atom. The van der Waals surface area contributed by atoms with Crippen LogP contribution in [-0.2, 0) is 11.2 Å². The molecule has 0 bridgehead atoms. The molecule has 0 unspecified atom stereocenters. The lowest BCUT2D eigenvalue weighted by Crippen LogP contribution is -2.51. The third-order valence-corrected chi connectivity index (χ3v) is 4.37. The Bertz CT molecular complexity index is 482. The van der Waals surface area contributed by atoms with Crippen LogP contribution in [0.15, 0.2) is 24.5 Å². The Hall–Kier alpha value is -1.66. The minimum Gasteiger partial charge on any atom is -0.373 e. The second kappa shape index (κ2) is 7.56. The lowest BCUT2D eigenvalue weighted by atomic mass is 10.2. The fraction of sp³-hybridized carbons (Fsp3) is 0.625. The van der Waals surface area contributed by atoms with E-state index in [0.717, 1.165) is 25.1 Å². The Morgan fingerprint density at radius 3 is 3.27 bits per heavy atom. The van der Waals surface area contributed by atoms with E-state index in [9.17, 15) is 4.79 Å². The zero-order chi connectivity index (χ0) is 15.2. The van der Waals surface area contributed by atoms with E-state index >= 15 is 0 Å². The van der Waals surface area contributed by atoms with E-state index in [1.165, 1.54) is 19.4 Å². The Balaban J connectivity index is 1.31. The van der Waals surface area contributed by atoms with Gasteiger partial charge in [0.1, 0.15) is 0 Å². The predicted molar refractivity (Wildman–Crippen MR) is 83.7 cm³/mol. The molecule has 0 aromatic carbocycles. The van der Waals surface area contributed by atoms with Gasteiger partial charge in [-0.15, -0.1) is 0 Å². The molecule has 1 aromatic rings. The summed E-state index contributed by atoms with van der Waals surface area (Å²) in [4.78, 5) is 18.3. The number of pyridine rings is 1. The number of morpholine rings is 1. The van der Waals surface area contributed by atoms with Crippen LogP contribution in [0, 0.1) is 0 Å². The highest BCUT2D eigenvalue weighted by Gasteiger charge is 2.32. The number of hydrogen-bond donors (Lipinski definition) is 2. The number of rotatable bonds is 5. The summed E-state index contributed by atoms with van der Waals surface area (Å²) < 4.78 is 5.82. The molecule has 0 saturated carbocycles. The van der Waals surface area contributed by atoms with Crippen LogP contribution < -0.4 is 10.6 Å². The van der Waals surface area contributed by atoms with Crippen LogP contribution in [0.1, 0.15) is 18.4 Å². The van der Waals surface area contributed by atoms with Gasteiger partial charge in [-0.1, -0.05) is 6.07 Å². The molecule has 2 fully saturated rings. The molecule has 6 nitrogen and oxygen atoms in total. The SMILES string of the molecule is O=C(NCCc1cccnc1)NC[C@H]1CN2CCC[C@H]2CO1. The minimum atomic E-state index is -0.129. The normalized spacial score (nSPS) is 24.7. The molecule has 2 aliphatic heterocycles. The van der Waals surface area contributed by atoms with Crippen molar-refractivity contribution in [1.29, 1.82) is 0 Å². The van der Waals surface area contributed by atoms with Crippen molar-refractivity contribution >= 4 is 6.03 Å². The van der Waals surface area contributed by atoms with Gasteiger partial charge in [0.25, 0.3) is 0 Å². The van der Waals surface area contributed by atoms with Crippen LogP contribution in [0.3, 0.4) is 0 Å². The highest BCUT2D eigenvalue weighted by molar-refractivity contribution is 5.73. The average Bonchev–Trinajstić information content (AvgIpc) is 3.01. The summed E-state index contributed by atoms with van der Waals surface area (Å²) in [6.45, 7) is 4.08. The average molecular weight is 304 g/mol. The van der Waals surface area contributed by atoms with Crippen molar-refractivity contribution in [3.63, 3.8) is 0 Å². The molecule has 2 aliphatic rings. The van der Waals surface area contributed by atoms with E-state index in [2.05, 4.69) is 20.5 Å². The molecule has 2 amide bonds. The molecule has 120 valence electrons. The van der Waals surface area contributed by atoms with Crippen LogP contribution in [0.4, 0.5) is 4.79 Å². The second-order valence-electron chi connectivity index (χ2n) is 5.99. The summed E-state index contributed by atoms with van der Waals surface area (Å²) in [6, 6.07) is 4.39. The minimum absolute atomic E-state index is 0.110. The first-order valence-corrected chi connectivity index (χ1v) is 8.07. The number of fused-ring (bicyclic) bond motifs is 1. The number of carbonyl (C=O) groups is 1. The van der Waals surface area contributed by atoms with Gasteiger partial charge in [-0.2, -0.15) is 0 Å². The molecule has 1 aromatic heterocycles. The second-order valence-corrected chi connectivity index (χ2v) is 5.99. The molecule has 2 N–H and O–H groups in total. The van der Waals surface area contributed by atoms with Crippen molar-refractivity contribution in [2.24, 2.45) is 0 Å². The number of carbonyl (C=O) groups excluding carboxylic acids is 1. The molecular formula is C16H24N4O2. The summed E-state index contributed by atoms with van der Waals surface area (Å²) in [5.74, 6) is 0. The molecular weight excluding hydrogens is 280 g/mol. The summed E-state index contributed by atoms with van der Waals surface area (Å²) >= 11 is 0. The summed E-state index contributed by atoms with van der Waals surface area (Å²) in [5.41, 5.74) is 1.12. The fourth-order valence-corrected chi connectivity index (χ4v) is 3.14. The van der Waals surface area contributed by atoms with E-state index in [0.29, 0.717) is 19.1 Å². The topological polar surface area (TPSA) is 66.5 Å². The van der Waals surface area contributed by atoms with Gasteiger partial charge in [0.05, 0.1) is 12.7 Å². The fourth-order valence-electron chi connectivity index (χ4n) is 3.14. The van der Waals surface area contributed by atoms with Gasteiger partial charge in [0, 0.05) is 38.1 Å². The smallest absolute Gasteiger partial charge is 0.314 e. The first kappa shape index (κ1) is 15.2. The van der Waals surface area contributed by atoms with Gasteiger partial charge in [-0.3, -0.25) is 9.88 Å². The number of amides is 2.